The molecule has 0 fully saturated rings. The molecule has 0 atom stereocenters. The molecule has 0 saturated heterocycles. The maximum absolute atomic E-state index is 12.1. The van der Waals surface area contributed by atoms with E-state index < -0.39 is 35.2 Å². The summed E-state index contributed by atoms with van der Waals surface area (Å²) in [5, 5.41) is 20.4. The van der Waals surface area contributed by atoms with Crippen molar-refractivity contribution in [2.24, 2.45) is 0 Å². The maximum atomic E-state index is 12.1. The number of carbonyl (C=O) groups is 2. The summed E-state index contributed by atoms with van der Waals surface area (Å²) < 4.78 is 40.1. The summed E-state index contributed by atoms with van der Waals surface area (Å²) in [5.41, 5.74) is -1.37. The molecule has 8 heteroatoms. The second-order valence-corrected chi connectivity index (χ2v) is 2.43. The Balaban J connectivity index is 3.37. The molecule has 0 aliphatic heterocycles. The molecule has 0 aromatic carbocycles. The Morgan fingerprint density at radius 3 is 2.00 bits per heavy atom. The molecule has 82 valence electrons. The van der Waals surface area contributed by atoms with Crippen LogP contribution in [0.1, 0.15) is 26.7 Å². The number of furan rings is 1. The van der Waals surface area contributed by atoms with Gasteiger partial charge in [-0.15, -0.1) is 0 Å². The molecule has 0 spiro atoms. The topological polar surface area (TPSA) is 93.4 Å². The molecule has 0 aliphatic rings. The van der Waals surface area contributed by atoms with Crippen LogP contribution in [0.25, 0.3) is 0 Å². The van der Waals surface area contributed by atoms with Crippen molar-refractivity contribution in [3.05, 3.63) is 23.2 Å². The molecule has 0 saturated carbocycles. The average Bonchev–Trinajstić information content (AvgIpc) is 2.45. The van der Waals surface area contributed by atoms with Gasteiger partial charge in [-0.05, 0) is 6.07 Å². The van der Waals surface area contributed by atoms with Crippen molar-refractivity contribution in [3.8, 4) is 0 Å². The Morgan fingerprint density at radius 2 is 1.73 bits per heavy atom. The highest BCUT2D eigenvalue weighted by Crippen LogP contribution is 2.33. The van der Waals surface area contributed by atoms with E-state index in [-0.39, 0.29) is 6.07 Å². The molecule has 0 N–H and O–H groups in total. The highest BCUT2D eigenvalue weighted by atomic mass is 19.4. The van der Waals surface area contributed by atoms with Gasteiger partial charge >= 0.3 is 6.18 Å². The lowest BCUT2D eigenvalue weighted by Gasteiger charge is -2.05. The van der Waals surface area contributed by atoms with E-state index in [2.05, 4.69) is 4.42 Å². The van der Waals surface area contributed by atoms with E-state index in [9.17, 15) is 33.0 Å². The number of aromatic carboxylic acids is 2. The van der Waals surface area contributed by atoms with Crippen molar-refractivity contribution in [1.82, 2.24) is 0 Å². The molecule has 0 unspecified atom stereocenters. The van der Waals surface area contributed by atoms with Gasteiger partial charge in [-0.1, -0.05) is 0 Å². The first-order valence-corrected chi connectivity index (χ1v) is 3.37. The van der Waals surface area contributed by atoms with Gasteiger partial charge in [-0.3, -0.25) is 0 Å². The van der Waals surface area contributed by atoms with E-state index in [1.54, 1.807) is 0 Å². The monoisotopic (exact) mass is 222 g/mol. The van der Waals surface area contributed by atoms with Gasteiger partial charge in [-0.2, -0.15) is 13.2 Å². The van der Waals surface area contributed by atoms with Gasteiger partial charge in [0, 0.05) is 5.56 Å². The van der Waals surface area contributed by atoms with Crippen LogP contribution in [0, 0.1) is 0 Å². The second kappa shape index (κ2) is 3.30. The first-order chi connectivity index (χ1) is 6.73. The van der Waals surface area contributed by atoms with Crippen LogP contribution >= 0.6 is 0 Å². The normalized spacial score (nSPS) is 11.4. The third-order valence-corrected chi connectivity index (χ3v) is 1.41. The van der Waals surface area contributed by atoms with Crippen molar-refractivity contribution >= 4 is 11.9 Å². The van der Waals surface area contributed by atoms with Crippen molar-refractivity contribution in [2.45, 2.75) is 6.18 Å². The minimum absolute atomic E-state index is 0.188. The van der Waals surface area contributed by atoms with E-state index in [1.807, 2.05) is 0 Å². The Morgan fingerprint density at radius 1 is 1.20 bits per heavy atom. The third-order valence-electron chi connectivity index (χ3n) is 1.41. The molecule has 5 nitrogen and oxygen atoms in total. The van der Waals surface area contributed by atoms with Gasteiger partial charge < -0.3 is 24.2 Å². The van der Waals surface area contributed by atoms with Crippen molar-refractivity contribution < 1.29 is 37.4 Å². The second-order valence-electron chi connectivity index (χ2n) is 2.43. The predicted molar refractivity (Wildman–Crippen MR) is 32.4 cm³/mol. The summed E-state index contributed by atoms with van der Waals surface area (Å²) in [5.74, 6) is -7.38. The van der Waals surface area contributed by atoms with Crippen molar-refractivity contribution in [3.63, 3.8) is 0 Å². The van der Waals surface area contributed by atoms with Gasteiger partial charge in [0.2, 0.25) is 5.76 Å². The van der Waals surface area contributed by atoms with E-state index in [0.717, 1.165) is 0 Å². The highest BCUT2D eigenvalue weighted by molar-refractivity contribution is 5.91. The molecule has 1 aromatic heterocycles. The zero-order valence-corrected chi connectivity index (χ0v) is 6.75. The van der Waals surface area contributed by atoms with Crippen LogP contribution in [0.15, 0.2) is 10.5 Å². The van der Waals surface area contributed by atoms with Crippen LogP contribution in [0.3, 0.4) is 0 Å². The highest BCUT2D eigenvalue weighted by Gasteiger charge is 2.38. The largest absolute Gasteiger partial charge is 0.545 e. The smallest absolute Gasteiger partial charge is 0.450 e. The molecule has 1 rings (SSSR count). The first kappa shape index (κ1) is 11.1. The minimum Gasteiger partial charge on any atom is -0.545 e. The summed E-state index contributed by atoms with van der Waals surface area (Å²) in [7, 11) is 0. The Labute approximate surface area is 79.7 Å². The summed E-state index contributed by atoms with van der Waals surface area (Å²) >= 11 is 0. The van der Waals surface area contributed by atoms with Crippen molar-refractivity contribution in [1.29, 1.82) is 0 Å². The fraction of sp³-hybridized carbons (Fsp3) is 0.143. The molecule has 0 radical (unpaired) electrons. The fourth-order valence-electron chi connectivity index (χ4n) is 0.854. The number of rotatable bonds is 2. The van der Waals surface area contributed by atoms with Crippen molar-refractivity contribution in [2.75, 3.05) is 0 Å². The standard InChI is InChI=1S/C7H3F3O5/c8-7(9,10)4-2(5(11)12)1-3(15-4)6(13)14/h1H,(H,11,12)(H,13,14)/p-2. The lowest BCUT2D eigenvalue weighted by atomic mass is 10.2. The summed E-state index contributed by atoms with van der Waals surface area (Å²) in [4.78, 5) is 20.4. The number of carboxylic acid groups (broad SMARTS) is 2. The maximum Gasteiger partial charge on any atom is 0.450 e. The van der Waals surface area contributed by atoms with Crippen LogP contribution in [0.2, 0.25) is 0 Å². The van der Waals surface area contributed by atoms with Crippen LogP contribution in [0.5, 0.6) is 0 Å². The lowest BCUT2D eigenvalue weighted by Crippen LogP contribution is -2.25. The molecule has 0 amide bonds. The third kappa shape index (κ3) is 2.09. The number of hydrogen-bond acceptors (Lipinski definition) is 5. The zero-order valence-electron chi connectivity index (χ0n) is 6.75. The number of carboxylic acids is 2. The average molecular weight is 222 g/mol. The fourth-order valence-corrected chi connectivity index (χ4v) is 0.854. The quantitative estimate of drug-likeness (QED) is 0.641. The molecular weight excluding hydrogens is 221 g/mol. The lowest BCUT2D eigenvalue weighted by molar-refractivity contribution is -0.258. The number of hydrogen-bond donors (Lipinski definition) is 0. The zero-order chi connectivity index (χ0) is 11.8. The number of alkyl halides is 3. The Bertz CT molecular complexity index is 417. The molecule has 1 aromatic rings. The molecule has 0 bridgehead atoms. The predicted octanol–water partition coefficient (Wildman–Crippen LogP) is -0.975. The van der Waals surface area contributed by atoms with Crippen LogP contribution in [-0.4, -0.2) is 11.9 Å². The van der Waals surface area contributed by atoms with E-state index in [4.69, 9.17) is 0 Å². The summed E-state index contributed by atoms with van der Waals surface area (Å²) in [6.07, 6.45) is -5.11. The van der Waals surface area contributed by atoms with Crippen LogP contribution in [0.4, 0.5) is 13.2 Å². The summed E-state index contributed by atoms with van der Waals surface area (Å²) in [6.45, 7) is 0. The minimum atomic E-state index is -5.11. The van der Waals surface area contributed by atoms with Crippen LogP contribution in [-0.2, 0) is 6.18 Å². The summed E-state index contributed by atoms with van der Waals surface area (Å²) in [6, 6.07) is 0.188. The van der Waals surface area contributed by atoms with Crippen LogP contribution < -0.4 is 10.2 Å². The molecule has 0 aliphatic carbocycles. The van der Waals surface area contributed by atoms with E-state index >= 15 is 0 Å². The van der Waals surface area contributed by atoms with Gasteiger partial charge in [0.15, 0.2) is 5.76 Å². The first-order valence-electron chi connectivity index (χ1n) is 3.37. The van der Waals surface area contributed by atoms with Gasteiger partial charge in [-0.25, -0.2) is 0 Å². The molecule has 15 heavy (non-hydrogen) atoms. The van der Waals surface area contributed by atoms with Gasteiger partial charge in [0.25, 0.3) is 0 Å². The van der Waals surface area contributed by atoms with E-state index in [1.165, 1.54) is 0 Å². The number of halogens is 3. The Hall–Kier alpha value is -1.99. The molecular formula is C7HF3O5-2. The SMILES string of the molecule is O=C([O-])c1cc(C(=O)[O-])c(C(F)(F)F)o1. The van der Waals surface area contributed by atoms with Gasteiger partial charge in [0.1, 0.15) is 5.97 Å². The number of carbonyl (C=O) groups excluding carboxylic acids is 2. The van der Waals surface area contributed by atoms with E-state index in [0.29, 0.717) is 0 Å². The van der Waals surface area contributed by atoms with Gasteiger partial charge in [0.05, 0.1) is 5.97 Å². The Kier molecular flexibility index (Phi) is 2.44. The molecule has 1 heterocycles.